The molecule has 0 bridgehead atoms. The Kier molecular flexibility index (Phi) is 9.16. The monoisotopic (exact) mass is 703 g/mol. The summed E-state index contributed by atoms with van der Waals surface area (Å²) < 4.78 is 43.5. The molecule has 262 valence electrons. The second-order valence-electron chi connectivity index (χ2n) is 14.5. The molecule has 0 unspecified atom stereocenters. The molecule has 3 atom stereocenters. The summed E-state index contributed by atoms with van der Waals surface area (Å²) in [5, 5.41) is 11.9. The summed E-state index contributed by atoms with van der Waals surface area (Å²) in [4.78, 5) is 32.8. The van der Waals surface area contributed by atoms with E-state index in [-0.39, 0.29) is 42.8 Å². The van der Waals surface area contributed by atoms with Crippen LogP contribution >= 0.6 is 11.6 Å². The molecule has 7 rings (SSSR count). The van der Waals surface area contributed by atoms with Gasteiger partial charge in [-0.15, -0.1) is 0 Å². The molecule has 13 heteroatoms. The van der Waals surface area contributed by atoms with E-state index in [2.05, 4.69) is 20.9 Å². The summed E-state index contributed by atoms with van der Waals surface area (Å²) in [5.41, 5.74) is -0.543. The van der Waals surface area contributed by atoms with Crippen molar-refractivity contribution in [2.75, 3.05) is 44.2 Å². The number of benzene rings is 2. The number of nitrogens with zero attached hydrogens (tertiary/aromatic N) is 7. The topological polar surface area (TPSA) is 108 Å². The quantitative estimate of drug-likeness (QED) is 0.187. The molecule has 50 heavy (non-hydrogen) atoms. The van der Waals surface area contributed by atoms with Crippen molar-refractivity contribution in [3.63, 3.8) is 0 Å². The average Bonchev–Trinajstić information content (AvgIpc) is 3.78. The van der Waals surface area contributed by atoms with Gasteiger partial charge in [-0.2, -0.15) is 15.2 Å². The van der Waals surface area contributed by atoms with E-state index in [1.807, 2.05) is 49.9 Å². The summed E-state index contributed by atoms with van der Waals surface area (Å²) in [5.74, 6) is -0.323. The lowest BCUT2D eigenvalue weighted by atomic mass is 9.95. The molecule has 0 spiro atoms. The number of aromatic nitrogens is 3. The second-order valence-corrected chi connectivity index (χ2v) is 14.9. The zero-order chi connectivity index (χ0) is 35.2. The Morgan fingerprint density at radius 3 is 2.76 bits per heavy atom. The normalized spacial score (nSPS) is 22.2. The highest BCUT2D eigenvalue weighted by Gasteiger charge is 2.49. The Labute approximate surface area is 294 Å². The van der Waals surface area contributed by atoms with Crippen molar-refractivity contribution in [3.05, 3.63) is 53.4 Å². The van der Waals surface area contributed by atoms with E-state index < -0.39 is 29.2 Å². The van der Waals surface area contributed by atoms with Gasteiger partial charge in [0.1, 0.15) is 35.4 Å². The first-order chi connectivity index (χ1) is 24.0. The molecule has 0 radical (unpaired) electrons. The minimum absolute atomic E-state index is 0.00132. The number of carbonyl (C=O) groups excluding carboxylic acids is 1. The van der Waals surface area contributed by atoms with Gasteiger partial charge in [0.2, 0.25) is 0 Å². The molecule has 0 saturated carbocycles. The van der Waals surface area contributed by atoms with E-state index in [1.54, 1.807) is 23.2 Å². The van der Waals surface area contributed by atoms with Crippen LogP contribution in [-0.4, -0.2) is 93.5 Å². The number of carbonyl (C=O) groups is 1. The van der Waals surface area contributed by atoms with Crippen molar-refractivity contribution in [1.29, 1.82) is 5.26 Å². The maximum atomic E-state index is 16.9. The number of hydrogen-bond acceptors (Lipinski definition) is 9. The third-order valence-corrected chi connectivity index (χ3v) is 10.3. The van der Waals surface area contributed by atoms with E-state index >= 15 is 4.39 Å². The van der Waals surface area contributed by atoms with Crippen LogP contribution in [0.1, 0.15) is 52.9 Å². The summed E-state index contributed by atoms with van der Waals surface area (Å²) in [7, 11) is 0. The molecular formula is C37H40ClF2N7O3. The van der Waals surface area contributed by atoms with Gasteiger partial charge in [0.15, 0.2) is 5.82 Å². The minimum Gasteiger partial charge on any atom is -0.461 e. The summed E-state index contributed by atoms with van der Waals surface area (Å²) in [6.45, 7) is 7.79. The lowest BCUT2D eigenvalue weighted by molar-refractivity contribution is 0.0292. The second kappa shape index (κ2) is 13.4. The van der Waals surface area contributed by atoms with E-state index in [1.165, 1.54) is 0 Å². The highest BCUT2D eigenvalue weighted by molar-refractivity contribution is 6.36. The number of alkyl halides is 1. The highest BCUT2D eigenvalue weighted by Crippen LogP contribution is 2.41. The molecule has 2 aromatic heterocycles. The van der Waals surface area contributed by atoms with Crippen molar-refractivity contribution in [1.82, 2.24) is 24.8 Å². The molecule has 0 aliphatic carbocycles. The summed E-state index contributed by atoms with van der Waals surface area (Å²) in [6.07, 6.45) is 2.99. The molecule has 2 aromatic carbocycles. The van der Waals surface area contributed by atoms with Crippen LogP contribution in [0.3, 0.4) is 0 Å². The van der Waals surface area contributed by atoms with Crippen LogP contribution in [0.25, 0.3) is 32.9 Å². The van der Waals surface area contributed by atoms with Gasteiger partial charge in [-0.1, -0.05) is 41.9 Å². The fourth-order valence-electron chi connectivity index (χ4n) is 7.75. The highest BCUT2D eigenvalue weighted by atomic mass is 35.5. The third-order valence-electron chi connectivity index (χ3n) is 9.98. The van der Waals surface area contributed by atoms with Crippen molar-refractivity contribution < 1.29 is 23.0 Å². The zero-order valence-corrected chi connectivity index (χ0v) is 29.2. The molecule has 0 N–H and O–H groups in total. The largest absolute Gasteiger partial charge is 0.461 e. The van der Waals surface area contributed by atoms with Gasteiger partial charge in [-0.05, 0) is 58.0 Å². The fraction of sp³-hybridized carbons (Fsp3) is 0.486. The Morgan fingerprint density at radius 2 is 1.98 bits per heavy atom. The van der Waals surface area contributed by atoms with Crippen LogP contribution in [0.15, 0.2) is 42.6 Å². The van der Waals surface area contributed by atoms with Crippen LogP contribution in [0.5, 0.6) is 6.01 Å². The number of nitriles is 1. The molecule has 3 saturated heterocycles. The van der Waals surface area contributed by atoms with E-state index in [0.29, 0.717) is 59.7 Å². The molecule has 10 nitrogen and oxygen atoms in total. The van der Waals surface area contributed by atoms with Crippen LogP contribution in [0.2, 0.25) is 5.02 Å². The van der Waals surface area contributed by atoms with Crippen LogP contribution < -0.4 is 9.64 Å². The smallest absolute Gasteiger partial charge is 0.410 e. The first-order valence-corrected chi connectivity index (χ1v) is 17.5. The Hall–Kier alpha value is -4.34. The molecule has 3 aliphatic rings. The molecule has 3 fully saturated rings. The Bertz CT molecular complexity index is 1980. The minimum atomic E-state index is -0.942. The third kappa shape index (κ3) is 6.49. The number of amides is 1. The number of anilines is 1. The van der Waals surface area contributed by atoms with Gasteiger partial charge in [-0.25, -0.2) is 13.6 Å². The number of rotatable bonds is 8. The van der Waals surface area contributed by atoms with Crippen molar-refractivity contribution in [2.24, 2.45) is 0 Å². The van der Waals surface area contributed by atoms with Gasteiger partial charge in [0.05, 0.1) is 23.4 Å². The maximum Gasteiger partial charge on any atom is 0.410 e. The summed E-state index contributed by atoms with van der Waals surface area (Å²) in [6, 6.07) is 12.9. The predicted octanol–water partition coefficient (Wildman–Crippen LogP) is 7.32. The fourth-order valence-corrected chi connectivity index (χ4v) is 8.04. The molecule has 1 amide bonds. The van der Waals surface area contributed by atoms with Gasteiger partial charge in [-0.3, -0.25) is 9.88 Å². The van der Waals surface area contributed by atoms with Crippen molar-refractivity contribution in [2.45, 2.75) is 76.2 Å². The van der Waals surface area contributed by atoms with Gasteiger partial charge in [0, 0.05) is 60.8 Å². The number of likely N-dealkylation sites (tertiary alicyclic amines) is 1. The lowest BCUT2D eigenvalue weighted by Gasteiger charge is -2.32. The van der Waals surface area contributed by atoms with Crippen LogP contribution in [0, 0.1) is 17.1 Å². The van der Waals surface area contributed by atoms with Crippen molar-refractivity contribution >= 4 is 45.2 Å². The predicted molar refractivity (Wildman–Crippen MR) is 188 cm³/mol. The molecule has 5 heterocycles. The van der Waals surface area contributed by atoms with E-state index in [0.717, 1.165) is 24.8 Å². The van der Waals surface area contributed by atoms with Gasteiger partial charge >= 0.3 is 12.1 Å². The van der Waals surface area contributed by atoms with Crippen LogP contribution in [-0.2, 0) is 4.74 Å². The Balaban J connectivity index is 1.32. The molecule has 3 aliphatic heterocycles. The first-order valence-electron chi connectivity index (χ1n) is 17.1. The maximum absolute atomic E-state index is 16.9. The average molecular weight is 704 g/mol. The first kappa shape index (κ1) is 34.1. The summed E-state index contributed by atoms with van der Waals surface area (Å²) >= 11 is 6.63. The molecule has 4 aromatic rings. The number of pyridine rings is 1. The zero-order valence-electron chi connectivity index (χ0n) is 28.5. The molecular weight excluding hydrogens is 664 g/mol. The number of hydrogen-bond donors (Lipinski definition) is 0. The van der Waals surface area contributed by atoms with Gasteiger partial charge in [0.25, 0.3) is 0 Å². The lowest BCUT2D eigenvalue weighted by Crippen LogP contribution is -2.43. The Morgan fingerprint density at radius 1 is 1.18 bits per heavy atom. The van der Waals surface area contributed by atoms with Crippen molar-refractivity contribution in [3.8, 4) is 23.3 Å². The number of fused-ring (bicyclic) bond motifs is 3. The van der Waals surface area contributed by atoms with Gasteiger partial charge < -0.3 is 19.3 Å². The SMILES string of the molecule is CC(C)(C)OC(=O)N1CC[C@@H](N(CCC#N)c2nc(OC[C@@]34CCCN3C[C@H](F)C4)nc3c(F)c(-c4cccc5cccc(Cl)c45)ncc23)C1. The standard InChI is InChI=1S/C37H40ClF2N7O3/c1-36(2,3)50-35(48)45-17-12-25(21-45)47(16-7-14-41)33-27-19-42-31(26-10-4-8-23-9-5-11-28(38)29(23)26)30(40)32(27)43-34(44-33)49-22-37-13-6-15-46(37)20-24(39)18-37/h4-5,8-11,19,24-25H,6-7,12-13,15-18,20-22H2,1-3H3/t24-,25-,37+/m1/s1. The van der Waals surface area contributed by atoms with Crippen LogP contribution in [0.4, 0.5) is 19.4 Å². The number of ether oxygens (including phenoxy) is 2. The number of halogens is 3. The van der Waals surface area contributed by atoms with E-state index in [9.17, 15) is 14.4 Å². The van der Waals surface area contributed by atoms with E-state index in [4.69, 9.17) is 26.1 Å².